The minimum Gasteiger partial charge on any atom is -0.360 e. The third-order valence-electron chi connectivity index (χ3n) is 3.95. The summed E-state index contributed by atoms with van der Waals surface area (Å²) in [5.41, 5.74) is 4.50. The van der Waals surface area contributed by atoms with Gasteiger partial charge in [-0.25, -0.2) is 0 Å². The molecule has 19 heavy (non-hydrogen) atoms. The molecule has 1 aliphatic rings. The number of rotatable bonds is 0. The van der Waals surface area contributed by atoms with Gasteiger partial charge >= 0.3 is 0 Å². The minimum atomic E-state index is -0.293. The zero-order valence-corrected chi connectivity index (χ0v) is 12.0. The van der Waals surface area contributed by atoms with Gasteiger partial charge in [0, 0.05) is 0 Å². The summed E-state index contributed by atoms with van der Waals surface area (Å²) in [5.74, 6) is 0. The van der Waals surface area contributed by atoms with E-state index in [0.717, 1.165) is 0 Å². The first-order chi connectivity index (χ1) is 8.92. The van der Waals surface area contributed by atoms with E-state index in [2.05, 4.69) is 76.2 Å². The lowest BCUT2D eigenvalue weighted by molar-refractivity contribution is -0.130. The van der Waals surface area contributed by atoms with Gasteiger partial charge in [0.1, 0.15) is 0 Å². The summed E-state index contributed by atoms with van der Waals surface area (Å²) in [6.07, 6.45) is 0. The summed E-state index contributed by atoms with van der Waals surface area (Å²) >= 11 is 0. The van der Waals surface area contributed by atoms with E-state index in [-0.39, 0.29) is 11.2 Å². The van der Waals surface area contributed by atoms with Gasteiger partial charge in [0.15, 0.2) is 0 Å². The molecule has 0 aliphatic carbocycles. The standard InChI is InChI=1S/C18H20O/c1-17(2)15-11-7-5-9-13(15)14-10-6-8-12-16(14)18(3,4)19-17/h5-12H,1-4H3. The second kappa shape index (κ2) is 3.94. The number of ether oxygens (including phenoxy) is 1. The van der Waals surface area contributed by atoms with Crippen LogP contribution in [-0.4, -0.2) is 0 Å². The highest BCUT2D eigenvalue weighted by molar-refractivity contribution is 5.73. The quantitative estimate of drug-likeness (QED) is 0.651. The molecule has 1 aliphatic heterocycles. The van der Waals surface area contributed by atoms with Crippen LogP contribution in [0.1, 0.15) is 38.8 Å². The van der Waals surface area contributed by atoms with Gasteiger partial charge in [0.25, 0.3) is 0 Å². The van der Waals surface area contributed by atoms with E-state index in [9.17, 15) is 0 Å². The first-order valence-corrected chi connectivity index (χ1v) is 6.81. The molecule has 0 bridgehead atoms. The SMILES string of the molecule is CC1(C)OC(C)(C)c2ccccc2-c2ccccc21. The van der Waals surface area contributed by atoms with Crippen LogP contribution in [0, 0.1) is 0 Å². The fourth-order valence-electron chi connectivity index (χ4n) is 3.23. The average molecular weight is 252 g/mol. The first kappa shape index (κ1) is 12.4. The largest absolute Gasteiger partial charge is 0.360 e. The van der Waals surface area contributed by atoms with Crippen LogP contribution in [0.5, 0.6) is 0 Å². The monoisotopic (exact) mass is 252 g/mol. The van der Waals surface area contributed by atoms with E-state index in [0.29, 0.717) is 0 Å². The lowest BCUT2D eigenvalue weighted by Gasteiger charge is -2.35. The normalized spacial score (nSPS) is 19.2. The average Bonchev–Trinajstić information content (AvgIpc) is 2.43. The number of hydrogen-bond donors (Lipinski definition) is 0. The zero-order valence-electron chi connectivity index (χ0n) is 12.0. The predicted octanol–water partition coefficient (Wildman–Crippen LogP) is 4.85. The third kappa shape index (κ3) is 1.89. The Balaban J connectivity index is 2.38. The molecule has 3 rings (SSSR count). The number of benzene rings is 2. The summed E-state index contributed by atoms with van der Waals surface area (Å²) in [7, 11) is 0. The summed E-state index contributed by atoms with van der Waals surface area (Å²) in [6, 6.07) is 17.1. The van der Waals surface area contributed by atoms with Crippen molar-refractivity contribution in [2.45, 2.75) is 38.9 Å². The molecule has 98 valence electrons. The van der Waals surface area contributed by atoms with E-state index in [1.165, 1.54) is 22.3 Å². The van der Waals surface area contributed by atoms with Crippen molar-refractivity contribution in [3.05, 3.63) is 59.7 Å². The van der Waals surface area contributed by atoms with E-state index in [1.54, 1.807) is 0 Å². The summed E-state index contributed by atoms with van der Waals surface area (Å²) in [4.78, 5) is 0. The van der Waals surface area contributed by atoms with Crippen molar-refractivity contribution in [3.63, 3.8) is 0 Å². The van der Waals surface area contributed by atoms with Crippen LogP contribution < -0.4 is 0 Å². The molecule has 0 atom stereocenters. The minimum absolute atomic E-state index is 0.293. The Labute approximate surface area is 115 Å². The lowest BCUT2D eigenvalue weighted by atomic mass is 9.87. The van der Waals surface area contributed by atoms with E-state index >= 15 is 0 Å². The van der Waals surface area contributed by atoms with Crippen molar-refractivity contribution in [2.75, 3.05) is 0 Å². The van der Waals surface area contributed by atoms with Crippen molar-refractivity contribution in [3.8, 4) is 11.1 Å². The summed E-state index contributed by atoms with van der Waals surface area (Å²) in [5, 5.41) is 0. The van der Waals surface area contributed by atoms with Crippen LogP contribution in [-0.2, 0) is 15.9 Å². The fraction of sp³-hybridized carbons (Fsp3) is 0.333. The lowest BCUT2D eigenvalue weighted by Crippen LogP contribution is -2.31. The molecule has 0 unspecified atom stereocenters. The molecule has 0 amide bonds. The van der Waals surface area contributed by atoms with Crippen LogP contribution in [0.4, 0.5) is 0 Å². The zero-order chi connectivity index (χ0) is 13.7. The van der Waals surface area contributed by atoms with Crippen molar-refractivity contribution < 1.29 is 4.74 Å². The second-order valence-electron chi connectivity index (χ2n) is 6.21. The highest BCUT2D eigenvalue weighted by Gasteiger charge is 2.38. The predicted molar refractivity (Wildman–Crippen MR) is 79.0 cm³/mol. The van der Waals surface area contributed by atoms with Crippen LogP contribution in [0.25, 0.3) is 11.1 Å². The van der Waals surface area contributed by atoms with Crippen molar-refractivity contribution in [1.82, 2.24) is 0 Å². The van der Waals surface area contributed by atoms with Crippen molar-refractivity contribution >= 4 is 0 Å². The molecule has 2 aromatic carbocycles. The number of fused-ring (bicyclic) bond motifs is 3. The van der Waals surface area contributed by atoms with Gasteiger partial charge in [-0.2, -0.15) is 0 Å². The molecule has 2 aromatic rings. The highest BCUT2D eigenvalue weighted by Crippen LogP contribution is 2.46. The molecule has 0 saturated heterocycles. The Hall–Kier alpha value is -1.60. The molecule has 0 aromatic heterocycles. The molecular formula is C18H20O. The van der Waals surface area contributed by atoms with Crippen molar-refractivity contribution in [2.24, 2.45) is 0 Å². The Kier molecular flexibility index (Phi) is 2.58. The summed E-state index contributed by atoms with van der Waals surface area (Å²) in [6.45, 7) is 8.61. The van der Waals surface area contributed by atoms with Crippen LogP contribution in [0.2, 0.25) is 0 Å². The van der Waals surface area contributed by atoms with Crippen LogP contribution >= 0.6 is 0 Å². The molecule has 0 saturated carbocycles. The molecular weight excluding hydrogens is 232 g/mol. The Morgan fingerprint density at radius 3 is 1.42 bits per heavy atom. The molecule has 0 radical (unpaired) electrons. The van der Waals surface area contributed by atoms with Gasteiger partial charge in [-0.15, -0.1) is 0 Å². The second-order valence-corrected chi connectivity index (χ2v) is 6.21. The first-order valence-electron chi connectivity index (χ1n) is 6.81. The molecule has 1 heterocycles. The maximum Gasteiger partial charge on any atom is 0.0893 e. The van der Waals surface area contributed by atoms with Gasteiger partial charge in [0.05, 0.1) is 11.2 Å². The molecule has 0 spiro atoms. The number of hydrogen-bond acceptors (Lipinski definition) is 1. The van der Waals surface area contributed by atoms with Gasteiger partial charge < -0.3 is 4.74 Å². The molecule has 1 heteroatoms. The van der Waals surface area contributed by atoms with Crippen molar-refractivity contribution in [1.29, 1.82) is 0 Å². The fourth-order valence-corrected chi connectivity index (χ4v) is 3.23. The van der Waals surface area contributed by atoms with Gasteiger partial charge in [-0.3, -0.25) is 0 Å². The molecule has 0 fully saturated rings. The molecule has 1 nitrogen and oxygen atoms in total. The topological polar surface area (TPSA) is 9.23 Å². The smallest absolute Gasteiger partial charge is 0.0893 e. The van der Waals surface area contributed by atoms with E-state index in [4.69, 9.17) is 4.74 Å². The third-order valence-corrected chi connectivity index (χ3v) is 3.95. The highest BCUT2D eigenvalue weighted by atomic mass is 16.5. The Morgan fingerprint density at radius 2 is 1.00 bits per heavy atom. The Morgan fingerprint density at radius 1 is 0.632 bits per heavy atom. The Bertz CT molecular complexity index is 568. The van der Waals surface area contributed by atoms with Gasteiger partial charge in [0.2, 0.25) is 0 Å². The van der Waals surface area contributed by atoms with Crippen LogP contribution in [0.15, 0.2) is 48.5 Å². The van der Waals surface area contributed by atoms with E-state index < -0.39 is 0 Å². The maximum absolute atomic E-state index is 6.44. The maximum atomic E-state index is 6.44. The van der Waals surface area contributed by atoms with Crippen LogP contribution in [0.3, 0.4) is 0 Å². The van der Waals surface area contributed by atoms with Gasteiger partial charge in [-0.05, 0) is 49.9 Å². The molecule has 0 N–H and O–H groups in total. The summed E-state index contributed by atoms with van der Waals surface area (Å²) < 4.78 is 6.44. The van der Waals surface area contributed by atoms with E-state index in [1.807, 2.05) is 0 Å². The van der Waals surface area contributed by atoms with Gasteiger partial charge in [-0.1, -0.05) is 48.5 Å².